The Kier molecular flexibility index (Phi) is 7.45. The van der Waals surface area contributed by atoms with Crippen LogP contribution in [-0.2, 0) is 24.4 Å². The number of carboxylic acid groups (broad SMARTS) is 1. The van der Waals surface area contributed by atoms with Crippen LogP contribution in [0.5, 0.6) is 0 Å². The summed E-state index contributed by atoms with van der Waals surface area (Å²) in [6, 6.07) is 14.1. The first-order chi connectivity index (χ1) is 16.8. The normalized spacial score (nSPS) is 16.3. The first kappa shape index (κ1) is 24.4. The summed E-state index contributed by atoms with van der Waals surface area (Å²) < 4.78 is 32.5. The van der Waals surface area contributed by atoms with E-state index in [2.05, 4.69) is 5.48 Å². The average molecular weight is 497 g/mol. The number of aromatic nitrogens is 1. The highest BCUT2D eigenvalue weighted by molar-refractivity contribution is 7.90. The molecule has 1 aliphatic heterocycles. The van der Waals surface area contributed by atoms with Crippen molar-refractivity contribution in [2.45, 2.75) is 30.4 Å². The molecular weight excluding hydrogens is 472 g/mol. The Morgan fingerprint density at radius 2 is 1.86 bits per heavy atom. The van der Waals surface area contributed by atoms with Crippen molar-refractivity contribution < 1.29 is 32.7 Å². The molecule has 1 aliphatic rings. The van der Waals surface area contributed by atoms with Crippen LogP contribution in [0.2, 0.25) is 0 Å². The number of carbonyl (C=O) groups is 2. The number of nitrogens with zero attached hydrogens (tertiary/aromatic N) is 1. The fourth-order valence-corrected chi connectivity index (χ4v) is 4.83. The first-order valence-electron chi connectivity index (χ1n) is 11.0. The van der Waals surface area contributed by atoms with E-state index >= 15 is 0 Å². The average Bonchev–Trinajstić information content (AvgIpc) is 3.37. The van der Waals surface area contributed by atoms with Crippen molar-refractivity contribution in [3.63, 3.8) is 0 Å². The summed E-state index contributed by atoms with van der Waals surface area (Å²) in [6.45, 7) is 0.594. The molecule has 4 rings (SSSR count). The highest BCUT2D eigenvalue weighted by atomic mass is 32.2. The number of carboxylic acids is 1. The number of amides is 1. The smallest absolute Gasteiger partial charge is 0.336 e. The Hall–Kier alpha value is -3.73. The molecule has 0 radical (unpaired) electrons. The van der Waals surface area contributed by atoms with Gasteiger partial charge in [-0.2, -0.15) is 0 Å². The zero-order valence-electron chi connectivity index (χ0n) is 18.7. The Bertz CT molecular complexity index is 1340. The minimum Gasteiger partial charge on any atom is -0.478 e. The Balaban J connectivity index is 1.43. The van der Waals surface area contributed by atoms with Gasteiger partial charge in [-0.15, -0.1) is 0 Å². The molecule has 35 heavy (non-hydrogen) atoms. The van der Waals surface area contributed by atoms with Crippen molar-refractivity contribution in [2.75, 3.05) is 6.61 Å². The number of aromatic carboxylic acids is 1. The summed E-state index contributed by atoms with van der Waals surface area (Å²) in [5, 5.41) is 9.39. The topological polar surface area (TPSA) is 124 Å². The molecule has 1 amide bonds. The summed E-state index contributed by atoms with van der Waals surface area (Å²) in [5.41, 5.74) is 4.02. The zero-order valence-corrected chi connectivity index (χ0v) is 19.5. The third-order valence-electron chi connectivity index (χ3n) is 5.44. The molecule has 1 atom stereocenters. The predicted octanol–water partition coefficient (Wildman–Crippen LogP) is 3.68. The molecular formula is C25H24N2O7S. The lowest BCUT2D eigenvalue weighted by Crippen LogP contribution is -2.32. The Morgan fingerprint density at radius 3 is 2.57 bits per heavy atom. The number of hydrogen-bond acceptors (Lipinski definition) is 6. The molecule has 0 bridgehead atoms. The molecule has 1 unspecified atom stereocenters. The zero-order chi connectivity index (χ0) is 24.8. The molecule has 1 fully saturated rings. The van der Waals surface area contributed by atoms with Crippen LogP contribution in [0.1, 0.15) is 35.2 Å². The molecule has 3 aromatic rings. The summed E-state index contributed by atoms with van der Waals surface area (Å²) in [6.07, 6.45) is 7.66. The fourth-order valence-electron chi connectivity index (χ4n) is 3.62. The highest BCUT2D eigenvalue weighted by Crippen LogP contribution is 2.26. The maximum atomic E-state index is 13.0. The van der Waals surface area contributed by atoms with Gasteiger partial charge in [-0.25, -0.2) is 27.5 Å². The van der Waals surface area contributed by atoms with Crippen molar-refractivity contribution >= 4 is 28.0 Å². The van der Waals surface area contributed by atoms with Gasteiger partial charge in [0.1, 0.15) is 0 Å². The number of rotatable bonds is 8. The van der Waals surface area contributed by atoms with Crippen LogP contribution < -0.4 is 5.48 Å². The molecule has 1 aromatic heterocycles. The van der Waals surface area contributed by atoms with E-state index in [0.717, 1.165) is 16.8 Å². The van der Waals surface area contributed by atoms with E-state index in [0.29, 0.717) is 29.7 Å². The van der Waals surface area contributed by atoms with Gasteiger partial charge in [0.05, 0.1) is 10.5 Å². The van der Waals surface area contributed by atoms with Gasteiger partial charge >= 0.3 is 5.97 Å². The lowest BCUT2D eigenvalue weighted by atomic mass is 10.00. The molecule has 0 aliphatic carbocycles. The third-order valence-corrected chi connectivity index (χ3v) is 7.09. The number of benzene rings is 2. The van der Waals surface area contributed by atoms with Crippen LogP contribution in [0.4, 0.5) is 0 Å². The van der Waals surface area contributed by atoms with Gasteiger partial charge < -0.3 is 9.84 Å². The molecule has 2 N–H and O–H groups in total. The molecule has 1 saturated heterocycles. The van der Waals surface area contributed by atoms with Crippen LogP contribution in [0.25, 0.3) is 17.2 Å². The largest absolute Gasteiger partial charge is 0.478 e. The SMILES string of the molecule is O=C(C=Cc1ccn(S(=O)(=O)c2ccc(-c3ccccc3C(=O)O)cc2)c1)NOC1CCCCO1. The van der Waals surface area contributed by atoms with Crippen molar-refractivity contribution in [3.05, 3.63) is 84.2 Å². The number of hydrogen-bond donors (Lipinski definition) is 2. The summed E-state index contributed by atoms with van der Waals surface area (Å²) in [7, 11) is -3.88. The first-order valence-corrected chi connectivity index (χ1v) is 12.4. The number of hydroxylamine groups is 1. The van der Waals surface area contributed by atoms with Gasteiger partial charge in [0, 0.05) is 31.5 Å². The lowest BCUT2D eigenvalue weighted by molar-refractivity contribution is -0.198. The van der Waals surface area contributed by atoms with Crippen LogP contribution in [0.15, 0.2) is 78.0 Å². The second kappa shape index (κ2) is 10.7. The molecule has 9 nitrogen and oxygen atoms in total. The van der Waals surface area contributed by atoms with Gasteiger partial charge in [0.25, 0.3) is 15.9 Å². The van der Waals surface area contributed by atoms with Crippen LogP contribution in [-0.4, -0.2) is 42.3 Å². The molecule has 10 heteroatoms. The molecule has 182 valence electrons. The number of carbonyl (C=O) groups excluding carboxylic acids is 1. The third kappa shape index (κ3) is 5.86. The van der Waals surface area contributed by atoms with E-state index in [1.165, 1.54) is 42.7 Å². The summed E-state index contributed by atoms with van der Waals surface area (Å²) in [5.74, 6) is -1.56. The summed E-state index contributed by atoms with van der Waals surface area (Å²) >= 11 is 0. The number of ether oxygens (including phenoxy) is 1. The monoisotopic (exact) mass is 496 g/mol. The Labute approximate surface area is 202 Å². The van der Waals surface area contributed by atoms with E-state index in [1.54, 1.807) is 36.4 Å². The number of nitrogens with one attached hydrogen (secondary N) is 1. The fraction of sp³-hybridized carbons (Fsp3) is 0.200. The predicted molar refractivity (Wildman–Crippen MR) is 128 cm³/mol. The van der Waals surface area contributed by atoms with Crippen molar-refractivity contribution in [2.24, 2.45) is 0 Å². The minimum absolute atomic E-state index is 0.0406. The van der Waals surface area contributed by atoms with E-state index in [9.17, 15) is 23.1 Å². The lowest BCUT2D eigenvalue weighted by Gasteiger charge is -2.21. The maximum absolute atomic E-state index is 13.0. The molecule has 0 saturated carbocycles. The van der Waals surface area contributed by atoms with E-state index in [4.69, 9.17) is 9.57 Å². The second-order valence-electron chi connectivity index (χ2n) is 7.87. The van der Waals surface area contributed by atoms with Crippen molar-refractivity contribution in [1.29, 1.82) is 0 Å². The second-order valence-corrected chi connectivity index (χ2v) is 9.71. The standard InChI is InChI=1S/C25H24N2O7S/c28-23(26-34-24-7-3-4-16-33-24)13-8-18-14-15-27(17-18)35(31,32)20-11-9-19(10-12-20)21-5-1-2-6-22(21)25(29)30/h1-2,5-6,8-15,17,24H,3-4,7,16H2,(H,26,28)(H,29,30). The van der Waals surface area contributed by atoms with Gasteiger partial charge in [-0.1, -0.05) is 30.3 Å². The van der Waals surface area contributed by atoms with Crippen molar-refractivity contribution in [3.8, 4) is 11.1 Å². The van der Waals surface area contributed by atoms with Gasteiger partial charge in [0.15, 0.2) is 6.29 Å². The van der Waals surface area contributed by atoms with Crippen molar-refractivity contribution in [1.82, 2.24) is 9.45 Å². The van der Waals surface area contributed by atoms with E-state index < -0.39 is 28.2 Å². The molecule has 0 spiro atoms. The van der Waals surface area contributed by atoms with E-state index in [1.807, 2.05) is 0 Å². The van der Waals surface area contributed by atoms with Crippen LogP contribution >= 0.6 is 0 Å². The molecule has 2 heterocycles. The summed E-state index contributed by atoms with van der Waals surface area (Å²) in [4.78, 5) is 28.7. The minimum atomic E-state index is -3.88. The highest BCUT2D eigenvalue weighted by Gasteiger charge is 2.18. The van der Waals surface area contributed by atoms with E-state index in [-0.39, 0.29) is 10.5 Å². The van der Waals surface area contributed by atoms with Crippen LogP contribution in [0, 0.1) is 0 Å². The van der Waals surface area contributed by atoms with Crippen LogP contribution in [0.3, 0.4) is 0 Å². The van der Waals surface area contributed by atoms with Gasteiger partial charge in [-0.3, -0.25) is 4.79 Å². The van der Waals surface area contributed by atoms with Gasteiger partial charge in [0.2, 0.25) is 0 Å². The van der Waals surface area contributed by atoms with Gasteiger partial charge in [-0.05, 0) is 59.9 Å². The molecule has 2 aromatic carbocycles. The Morgan fingerprint density at radius 1 is 1.09 bits per heavy atom. The quantitative estimate of drug-likeness (QED) is 0.360. The maximum Gasteiger partial charge on any atom is 0.336 e.